The summed E-state index contributed by atoms with van der Waals surface area (Å²) < 4.78 is 0. The quantitative estimate of drug-likeness (QED) is 0.692. The number of rotatable bonds is 6. The molecule has 0 unspecified atom stereocenters. The molecule has 16 heavy (non-hydrogen) atoms. The summed E-state index contributed by atoms with van der Waals surface area (Å²) in [5.41, 5.74) is 0. The van der Waals surface area contributed by atoms with E-state index in [1.807, 2.05) is 6.92 Å². The molecule has 0 aliphatic heterocycles. The number of hydrogen-bond acceptors (Lipinski definition) is 3. The van der Waals surface area contributed by atoms with Gasteiger partial charge in [-0.05, 0) is 19.8 Å². The molecule has 0 radical (unpaired) electrons. The second kappa shape index (κ2) is 6.48. The summed E-state index contributed by atoms with van der Waals surface area (Å²) in [4.78, 5) is 24.0. The van der Waals surface area contributed by atoms with Crippen LogP contribution in [0.3, 0.4) is 0 Å². The number of amides is 1. The van der Waals surface area contributed by atoms with Crippen LogP contribution in [0.15, 0.2) is 0 Å². The molecule has 1 aliphatic carbocycles. The molecule has 1 aliphatic rings. The molecule has 5 heteroatoms. The standard InChI is InChI=1S/C11H20N2O3/c1-2-12-10(14)7-13(8-11(15)16)9-5-3-4-6-9/h9H,2-8H2,1H3,(H,12,14)(H,15,16). The van der Waals surface area contributed by atoms with Crippen molar-refractivity contribution in [2.24, 2.45) is 0 Å². The molecule has 0 spiro atoms. The third-order valence-corrected chi connectivity index (χ3v) is 2.90. The number of likely N-dealkylation sites (N-methyl/N-ethyl adjacent to an activating group) is 1. The average molecular weight is 228 g/mol. The Morgan fingerprint density at radius 1 is 1.31 bits per heavy atom. The Morgan fingerprint density at radius 3 is 2.44 bits per heavy atom. The summed E-state index contributed by atoms with van der Waals surface area (Å²) in [6.45, 7) is 2.60. The zero-order valence-corrected chi connectivity index (χ0v) is 9.74. The van der Waals surface area contributed by atoms with Crippen LogP contribution in [0.25, 0.3) is 0 Å². The molecule has 5 nitrogen and oxygen atoms in total. The van der Waals surface area contributed by atoms with Crippen LogP contribution in [0.4, 0.5) is 0 Å². The molecule has 0 aromatic heterocycles. The fourth-order valence-electron chi connectivity index (χ4n) is 2.19. The molecule has 2 N–H and O–H groups in total. The van der Waals surface area contributed by atoms with Crippen molar-refractivity contribution >= 4 is 11.9 Å². The van der Waals surface area contributed by atoms with Crippen LogP contribution < -0.4 is 5.32 Å². The molecule has 1 saturated carbocycles. The topological polar surface area (TPSA) is 69.6 Å². The second-order valence-corrected chi connectivity index (χ2v) is 4.19. The minimum atomic E-state index is -0.865. The first-order chi connectivity index (χ1) is 7.63. The number of carbonyl (C=O) groups is 2. The lowest BCUT2D eigenvalue weighted by Crippen LogP contribution is -2.44. The Hall–Kier alpha value is -1.10. The van der Waals surface area contributed by atoms with Gasteiger partial charge in [0.25, 0.3) is 0 Å². The molecular weight excluding hydrogens is 208 g/mol. The van der Waals surface area contributed by atoms with Crippen molar-refractivity contribution in [2.75, 3.05) is 19.6 Å². The van der Waals surface area contributed by atoms with Gasteiger partial charge in [0.2, 0.25) is 5.91 Å². The monoisotopic (exact) mass is 228 g/mol. The van der Waals surface area contributed by atoms with E-state index in [9.17, 15) is 9.59 Å². The van der Waals surface area contributed by atoms with Gasteiger partial charge in [0.15, 0.2) is 0 Å². The second-order valence-electron chi connectivity index (χ2n) is 4.19. The third-order valence-electron chi connectivity index (χ3n) is 2.90. The van der Waals surface area contributed by atoms with Gasteiger partial charge in [0, 0.05) is 12.6 Å². The highest BCUT2D eigenvalue weighted by atomic mass is 16.4. The predicted octanol–water partition coefficient (Wildman–Crippen LogP) is 0.452. The Morgan fingerprint density at radius 2 is 1.94 bits per heavy atom. The molecule has 1 fully saturated rings. The lowest BCUT2D eigenvalue weighted by molar-refractivity contribution is -0.139. The number of nitrogens with one attached hydrogen (secondary N) is 1. The molecule has 0 heterocycles. The molecule has 0 bridgehead atoms. The maximum Gasteiger partial charge on any atom is 0.317 e. The summed E-state index contributed by atoms with van der Waals surface area (Å²) in [6, 6.07) is 0.263. The number of aliphatic carboxylic acids is 1. The molecular formula is C11H20N2O3. The van der Waals surface area contributed by atoms with Crippen LogP contribution in [0, 0.1) is 0 Å². The van der Waals surface area contributed by atoms with Crippen molar-refractivity contribution in [1.29, 1.82) is 0 Å². The highest BCUT2D eigenvalue weighted by molar-refractivity contribution is 5.79. The number of carbonyl (C=O) groups excluding carboxylic acids is 1. The van der Waals surface area contributed by atoms with Crippen molar-refractivity contribution in [3.05, 3.63) is 0 Å². The van der Waals surface area contributed by atoms with Gasteiger partial charge in [0.05, 0.1) is 13.1 Å². The highest BCUT2D eigenvalue weighted by Gasteiger charge is 2.25. The number of nitrogens with zero attached hydrogens (tertiary/aromatic N) is 1. The van der Waals surface area contributed by atoms with Gasteiger partial charge in [-0.3, -0.25) is 14.5 Å². The Kier molecular flexibility index (Phi) is 5.25. The SMILES string of the molecule is CCNC(=O)CN(CC(=O)O)C1CCCC1. The third kappa shape index (κ3) is 4.18. The van der Waals surface area contributed by atoms with Crippen LogP contribution >= 0.6 is 0 Å². The van der Waals surface area contributed by atoms with E-state index in [4.69, 9.17) is 5.11 Å². The van der Waals surface area contributed by atoms with Crippen molar-refractivity contribution < 1.29 is 14.7 Å². The van der Waals surface area contributed by atoms with Gasteiger partial charge in [-0.25, -0.2) is 0 Å². The van der Waals surface area contributed by atoms with Gasteiger partial charge in [-0.15, -0.1) is 0 Å². The highest BCUT2D eigenvalue weighted by Crippen LogP contribution is 2.22. The van der Waals surface area contributed by atoms with Crippen LogP contribution in [-0.2, 0) is 9.59 Å². The van der Waals surface area contributed by atoms with Gasteiger partial charge in [-0.1, -0.05) is 12.8 Å². The molecule has 92 valence electrons. The predicted molar refractivity (Wildman–Crippen MR) is 60.1 cm³/mol. The van der Waals surface area contributed by atoms with Crippen molar-refractivity contribution in [1.82, 2.24) is 10.2 Å². The fraction of sp³-hybridized carbons (Fsp3) is 0.818. The van der Waals surface area contributed by atoms with Gasteiger partial charge in [0.1, 0.15) is 0 Å². The molecule has 1 amide bonds. The Labute approximate surface area is 95.8 Å². The van der Waals surface area contributed by atoms with Crippen molar-refractivity contribution in [3.63, 3.8) is 0 Å². The first-order valence-corrected chi connectivity index (χ1v) is 5.86. The lowest BCUT2D eigenvalue weighted by Gasteiger charge is -2.26. The maximum atomic E-state index is 11.4. The zero-order chi connectivity index (χ0) is 12.0. The van der Waals surface area contributed by atoms with Gasteiger partial charge >= 0.3 is 5.97 Å². The van der Waals surface area contributed by atoms with Crippen LogP contribution in [0.1, 0.15) is 32.6 Å². The molecule has 0 aromatic carbocycles. The van der Waals surface area contributed by atoms with Crippen LogP contribution in [0.5, 0.6) is 0 Å². The van der Waals surface area contributed by atoms with Crippen molar-refractivity contribution in [2.45, 2.75) is 38.6 Å². The summed E-state index contributed by atoms with van der Waals surface area (Å²) in [7, 11) is 0. The zero-order valence-electron chi connectivity index (χ0n) is 9.74. The number of carboxylic acids is 1. The van der Waals surface area contributed by atoms with E-state index in [1.165, 1.54) is 0 Å². The van der Waals surface area contributed by atoms with E-state index in [2.05, 4.69) is 5.32 Å². The van der Waals surface area contributed by atoms with E-state index in [1.54, 1.807) is 4.90 Å². The number of carboxylic acid groups (broad SMARTS) is 1. The van der Waals surface area contributed by atoms with E-state index in [-0.39, 0.29) is 25.0 Å². The summed E-state index contributed by atoms with van der Waals surface area (Å²) in [5, 5.41) is 11.5. The van der Waals surface area contributed by atoms with Crippen LogP contribution in [-0.4, -0.2) is 47.6 Å². The summed E-state index contributed by atoms with van der Waals surface area (Å²) >= 11 is 0. The van der Waals surface area contributed by atoms with Gasteiger partial charge in [-0.2, -0.15) is 0 Å². The Bertz CT molecular complexity index is 250. The maximum absolute atomic E-state index is 11.4. The van der Waals surface area contributed by atoms with Crippen LogP contribution in [0.2, 0.25) is 0 Å². The Balaban J connectivity index is 2.48. The van der Waals surface area contributed by atoms with E-state index < -0.39 is 5.97 Å². The molecule has 0 aromatic rings. The molecule has 0 saturated heterocycles. The average Bonchev–Trinajstić information content (AvgIpc) is 2.68. The smallest absolute Gasteiger partial charge is 0.317 e. The van der Waals surface area contributed by atoms with E-state index >= 15 is 0 Å². The van der Waals surface area contributed by atoms with Gasteiger partial charge < -0.3 is 10.4 Å². The lowest BCUT2D eigenvalue weighted by atomic mass is 10.2. The molecule has 1 rings (SSSR count). The first-order valence-electron chi connectivity index (χ1n) is 5.86. The minimum absolute atomic E-state index is 0.0399. The molecule has 0 atom stereocenters. The first kappa shape index (κ1) is 13.0. The largest absolute Gasteiger partial charge is 0.480 e. The fourth-order valence-corrected chi connectivity index (χ4v) is 2.19. The van der Waals surface area contributed by atoms with E-state index in [0.717, 1.165) is 25.7 Å². The van der Waals surface area contributed by atoms with Crippen molar-refractivity contribution in [3.8, 4) is 0 Å². The minimum Gasteiger partial charge on any atom is -0.480 e. The normalized spacial score (nSPS) is 16.6. The summed E-state index contributed by atoms with van der Waals surface area (Å²) in [6.07, 6.45) is 4.28. The number of hydrogen-bond donors (Lipinski definition) is 2. The van der Waals surface area contributed by atoms with E-state index in [0.29, 0.717) is 6.54 Å². The summed E-state index contributed by atoms with van der Waals surface area (Å²) in [5.74, 6) is -0.952.